The fourth-order valence-electron chi connectivity index (χ4n) is 1.52. The zero-order valence-corrected chi connectivity index (χ0v) is 11.0. The largest absolute Gasteiger partial charge is 0.394 e. The van der Waals surface area contributed by atoms with E-state index in [1.807, 2.05) is 0 Å². The lowest BCUT2D eigenvalue weighted by molar-refractivity contribution is -0.385. The number of aliphatic hydroxyl groups is 1. The lowest BCUT2D eigenvalue weighted by Crippen LogP contribution is -2.05. The van der Waals surface area contributed by atoms with Gasteiger partial charge >= 0.3 is 0 Å². The summed E-state index contributed by atoms with van der Waals surface area (Å²) in [4.78, 5) is 10.3. The number of thioether (sulfide) groups is 1. The Morgan fingerprint density at radius 2 is 2.30 bits per heavy atom. The van der Waals surface area contributed by atoms with Gasteiger partial charge in [0.05, 0.1) is 18.1 Å². The maximum Gasteiger partial charge on any atom is 0.273 e. The zero-order valence-electron chi connectivity index (χ0n) is 10.1. The Kier molecular flexibility index (Phi) is 4.58. The molecule has 2 aromatic rings. The van der Waals surface area contributed by atoms with Crippen LogP contribution in [0.5, 0.6) is 0 Å². The standard InChI is InChI=1S/C10H10FN5O3S/c11-8-1-2-9(16(18)19)7(5-8)6-20-10-12-13-14-15(10)3-4-17/h1-2,5,17H,3-4,6H2. The summed E-state index contributed by atoms with van der Waals surface area (Å²) >= 11 is 1.13. The summed E-state index contributed by atoms with van der Waals surface area (Å²) in [6, 6.07) is 3.29. The molecule has 1 aromatic heterocycles. The van der Waals surface area contributed by atoms with Crippen LogP contribution in [0.4, 0.5) is 10.1 Å². The van der Waals surface area contributed by atoms with Gasteiger partial charge in [0.25, 0.3) is 5.69 Å². The van der Waals surface area contributed by atoms with Crippen LogP contribution in [0.2, 0.25) is 0 Å². The maximum absolute atomic E-state index is 13.2. The number of hydrogen-bond donors (Lipinski definition) is 1. The number of aliphatic hydroxyl groups excluding tert-OH is 1. The molecule has 1 aromatic carbocycles. The number of rotatable bonds is 6. The van der Waals surface area contributed by atoms with Crippen LogP contribution in [0.1, 0.15) is 5.56 Å². The Labute approximate surface area is 116 Å². The highest BCUT2D eigenvalue weighted by molar-refractivity contribution is 7.98. The summed E-state index contributed by atoms with van der Waals surface area (Å²) in [7, 11) is 0. The molecular weight excluding hydrogens is 289 g/mol. The first-order valence-electron chi connectivity index (χ1n) is 5.54. The van der Waals surface area contributed by atoms with Gasteiger partial charge in [-0.05, 0) is 22.6 Å². The molecule has 1 N–H and O–H groups in total. The Bertz CT molecular complexity index is 621. The van der Waals surface area contributed by atoms with Crippen molar-refractivity contribution in [2.75, 3.05) is 6.61 Å². The Morgan fingerprint density at radius 1 is 1.50 bits per heavy atom. The van der Waals surface area contributed by atoms with Gasteiger partial charge in [-0.25, -0.2) is 9.07 Å². The van der Waals surface area contributed by atoms with E-state index in [-0.39, 0.29) is 30.2 Å². The van der Waals surface area contributed by atoms with Crippen LogP contribution in [-0.2, 0) is 12.3 Å². The molecule has 106 valence electrons. The molecule has 20 heavy (non-hydrogen) atoms. The fourth-order valence-corrected chi connectivity index (χ4v) is 2.41. The van der Waals surface area contributed by atoms with Crippen molar-refractivity contribution in [3.63, 3.8) is 0 Å². The number of hydrogen-bond acceptors (Lipinski definition) is 7. The van der Waals surface area contributed by atoms with E-state index in [4.69, 9.17) is 5.11 Å². The van der Waals surface area contributed by atoms with Crippen molar-refractivity contribution in [2.45, 2.75) is 17.5 Å². The summed E-state index contributed by atoms with van der Waals surface area (Å²) in [5.41, 5.74) is 0.0960. The lowest BCUT2D eigenvalue weighted by atomic mass is 10.2. The normalized spacial score (nSPS) is 10.7. The van der Waals surface area contributed by atoms with Crippen LogP contribution in [0.15, 0.2) is 23.4 Å². The topological polar surface area (TPSA) is 107 Å². The average Bonchev–Trinajstić information content (AvgIpc) is 2.84. The first-order chi connectivity index (χ1) is 9.61. The second kappa shape index (κ2) is 6.39. The molecule has 10 heteroatoms. The van der Waals surface area contributed by atoms with Crippen molar-refractivity contribution in [1.29, 1.82) is 0 Å². The van der Waals surface area contributed by atoms with Crippen molar-refractivity contribution in [3.05, 3.63) is 39.7 Å². The molecule has 0 bridgehead atoms. The molecule has 0 amide bonds. The molecular formula is C10H10FN5O3S. The number of benzene rings is 1. The SMILES string of the molecule is O=[N+]([O-])c1ccc(F)cc1CSc1nnnn1CCO. The minimum Gasteiger partial charge on any atom is -0.394 e. The van der Waals surface area contributed by atoms with Gasteiger partial charge in [0.2, 0.25) is 5.16 Å². The molecule has 0 saturated carbocycles. The molecule has 0 fully saturated rings. The molecule has 2 rings (SSSR count). The second-order valence-corrected chi connectivity index (χ2v) is 4.67. The summed E-state index contributed by atoms with van der Waals surface area (Å²) in [5.74, 6) is -0.388. The van der Waals surface area contributed by atoms with Crippen molar-refractivity contribution in [2.24, 2.45) is 0 Å². The van der Waals surface area contributed by atoms with E-state index in [0.29, 0.717) is 5.16 Å². The van der Waals surface area contributed by atoms with Crippen LogP contribution < -0.4 is 0 Å². The summed E-state index contributed by atoms with van der Waals surface area (Å²) in [6.07, 6.45) is 0. The van der Waals surface area contributed by atoms with Gasteiger partial charge in [0.1, 0.15) is 5.82 Å². The molecule has 1 heterocycles. The summed E-state index contributed by atoms with van der Waals surface area (Å²) in [6.45, 7) is 0.0965. The molecule has 0 aliphatic rings. The van der Waals surface area contributed by atoms with Crippen molar-refractivity contribution < 1.29 is 14.4 Å². The van der Waals surface area contributed by atoms with E-state index in [1.54, 1.807) is 0 Å². The van der Waals surface area contributed by atoms with Gasteiger partial charge in [-0.1, -0.05) is 11.8 Å². The third-order valence-corrected chi connectivity index (χ3v) is 3.41. The Morgan fingerprint density at radius 3 is 3.00 bits per heavy atom. The molecule has 0 aliphatic carbocycles. The first kappa shape index (κ1) is 14.3. The van der Waals surface area contributed by atoms with E-state index in [2.05, 4.69) is 15.5 Å². The average molecular weight is 299 g/mol. The smallest absolute Gasteiger partial charge is 0.273 e. The summed E-state index contributed by atoms with van der Waals surface area (Å²) < 4.78 is 14.5. The molecule has 8 nitrogen and oxygen atoms in total. The number of aromatic nitrogens is 4. The van der Waals surface area contributed by atoms with Gasteiger partial charge < -0.3 is 5.11 Å². The van der Waals surface area contributed by atoms with E-state index >= 15 is 0 Å². The highest BCUT2D eigenvalue weighted by Crippen LogP contribution is 2.27. The van der Waals surface area contributed by atoms with Gasteiger partial charge in [-0.3, -0.25) is 10.1 Å². The maximum atomic E-state index is 13.2. The van der Waals surface area contributed by atoms with Gasteiger partial charge in [-0.2, -0.15) is 0 Å². The van der Waals surface area contributed by atoms with Crippen molar-refractivity contribution >= 4 is 17.4 Å². The highest BCUT2D eigenvalue weighted by atomic mass is 32.2. The Balaban J connectivity index is 2.16. The molecule has 0 spiro atoms. The molecule has 0 atom stereocenters. The quantitative estimate of drug-likeness (QED) is 0.481. The van der Waals surface area contributed by atoms with Crippen LogP contribution >= 0.6 is 11.8 Å². The van der Waals surface area contributed by atoms with E-state index < -0.39 is 10.7 Å². The monoisotopic (exact) mass is 299 g/mol. The molecule has 0 aliphatic heterocycles. The minimum atomic E-state index is -0.563. The van der Waals surface area contributed by atoms with Crippen molar-refractivity contribution in [3.8, 4) is 0 Å². The molecule has 0 saturated heterocycles. The van der Waals surface area contributed by atoms with Gasteiger partial charge in [-0.15, -0.1) is 5.10 Å². The van der Waals surface area contributed by atoms with E-state index in [1.165, 1.54) is 4.68 Å². The predicted octanol–water partition coefficient (Wildman–Crippen LogP) is 1.00. The molecule has 0 unspecified atom stereocenters. The van der Waals surface area contributed by atoms with Crippen LogP contribution in [0.3, 0.4) is 0 Å². The Hall–Kier alpha value is -2.07. The first-order valence-corrected chi connectivity index (χ1v) is 6.53. The predicted molar refractivity (Wildman–Crippen MR) is 67.5 cm³/mol. The minimum absolute atomic E-state index is 0.126. The number of halogens is 1. The van der Waals surface area contributed by atoms with E-state index in [9.17, 15) is 14.5 Å². The third kappa shape index (κ3) is 3.27. The summed E-state index contributed by atoms with van der Waals surface area (Å²) in [5, 5.41) is 30.9. The number of tetrazole rings is 1. The van der Waals surface area contributed by atoms with Gasteiger partial charge in [0.15, 0.2) is 0 Å². The number of nitro groups is 1. The van der Waals surface area contributed by atoms with Gasteiger partial charge in [0, 0.05) is 17.4 Å². The van der Waals surface area contributed by atoms with E-state index in [0.717, 1.165) is 30.0 Å². The van der Waals surface area contributed by atoms with Crippen molar-refractivity contribution in [1.82, 2.24) is 20.2 Å². The van der Waals surface area contributed by atoms with Crippen LogP contribution in [0.25, 0.3) is 0 Å². The third-order valence-electron chi connectivity index (χ3n) is 2.41. The van der Waals surface area contributed by atoms with Crippen LogP contribution in [-0.4, -0.2) is 36.8 Å². The van der Waals surface area contributed by atoms with Crippen LogP contribution in [0, 0.1) is 15.9 Å². The fraction of sp³-hybridized carbons (Fsp3) is 0.300. The number of nitro benzene ring substituents is 1. The second-order valence-electron chi connectivity index (χ2n) is 3.73. The lowest BCUT2D eigenvalue weighted by Gasteiger charge is -2.03. The zero-order chi connectivity index (χ0) is 14.5. The number of nitrogens with zero attached hydrogens (tertiary/aromatic N) is 5. The molecule has 0 radical (unpaired) electrons. The highest BCUT2D eigenvalue weighted by Gasteiger charge is 2.16.